The van der Waals surface area contributed by atoms with Crippen LogP contribution in [0.4, 0.5) is 0 Å². The molecule has 1 fully saturated rings. The maximum Gasteiger partial charge on any atom is 0.347 e. The molecule has 0 spiro atoms. The van der Waals surface area contributed by atoms with Gasteiger partial charge in [0.1, 0.15) is 0 Å². The molecule has 1 N–H and O–H groups in total. The van der Waals surface area contributed by atoms with Gasteiger partial charge in [0.2, 0.25) is 5.60 Å². The highest BCUT2D eigenvalue weighted by Crippen LogP contribution is 2.31. The predicted molar refractivity (Wildman–Crippen MR) is 102 cm³/mol. The van der Waals surface area contributed by atoms with Crippen molar-refractivity contribution in [1.82, 2.24) is 4.90 Å². The van der Waals surface area contributed by atoms with Crippen molar-refractivity contribution in [3.63, 3.8) is 0 Å². The number of benzene rings is 2. The lowest BCUT2D eigenvalue weighted by atomic mass is 9.86. The summed E-state index contributed by atoms with van der Waals surface area (Å²) in [6.45, 7) is 6.65. The van der Waals surface area contributed by atoms with Gasteiger partial charge in [-0.15, -0.1) is 0 Å². The number of ether oxygens (including phenoxy) is 1. The van der Waals surface area contributed by atoms with Gasteiger partial charge >= 0.3 is 5.97 Å². The lowest BCUT2D eigenvalue weighted by molar-refractivity contribution is -0.163. The Hall–Kier alpha value is -2.17. The van der Waals surface area contributed by atoms with Gasteiger partial charge in [0.15, 0.2) is 0 Å². The topological polar surface area (TPSA) is 49.8 Å². The highest BCUT2D eigenvalue weighted by molar-refractivity contribution is 5.85. The Morgan fingerprint density at radius 1 is 1.12 bits per heavy atom. The first-order chi connectivity index (χ1) is 12.5. The molecule has 0 radical (unpaired) electrons. The highest BCUT2D eigenvalue weighted by atomic mass is 16.5. The molecular formula is C22H27NO3. The molecule has 0 amide bonds. The van der Waals surface area contributed by atoms with Gasteiger partial charge in [-0.2, -0.15) is 0 Å². The second-order valence-corrected chi connectivity index (χ2v) is 7.28. The number of likely N-dealkylation sites (tertiary alicyclic amines) is 1. The lowest BCUT2D eigenvalue weighted by Crippen LogP contribution is -2.39. The first-order valence-corrected chi connectivity index (χ1v) is 9.26. The standard InChI is InChI=1S/C22H27NO3/c1-17(2)23-14-13-18(15-23)16-26-21(24)22(25,19-9-5-3-6-10-19)20-11-7-4-8-12-20/h3-12,17-18,25H,13-16H2,1-2H3. The zero-order valence-electron chi connectivity index (χ0n) is 15.5. The van der Waals surface area contributed by atoms with E-state index in [4.69, 9.17) is 4.74 Å². The summed E-state index contributed by atoms with van der Waals surface area (Å²) in [4.78, 5) is 15.3. The van der Waals surface area contributed by atoms with E-state index in [1.54, 1.807) is 24.3 Å². The molecule has 26 heavy (non-hydrogen) atoms. The number of rotatable bonds is 6. The molecule has 0 bridgehead atoms. The molecular weight excluding hydrogens is 326 g/mol. The monoisotopic (exact) mass is 353 g/mol. The van der Waals surface area contributed by atoms with Crippen LogP contribution in [0.2, 0.25) is 0 Å². The number of nitrogens with zero attached hydrogens (tertiary/aromatic N) is 1. The molecule has 1 atom stereocenters. The van der Waals surface area contributed by atoms with E-state index in [0.29, 0.717) is 29.7 Å². The Kier molecular flexibility index (Phi) is 5.74. The van der Waals surface area contributed by atoms with Crippen LogP contribution in [-0.4, -0.2) is 41.7 Å². The van der Waals surface area contributed by atoms with Crippen LogP contribution in [0.3, 0.4) is 0 Å². The van der Waals surface area contributed by atoms with Gasteiger partial charge in [-0.1, -0.05) is 60.7 Å². The number of aliphatic hydroxyl groups is 1. The Morgan fingerprint density at radius 3 is 2.12 bits per heavy atom. The van der Waals surface area contributed by atoms with Crippen molar-refractivity contribution in [2.45, 2.75) is 31.9 Å². The van der Waals surface area contributed by atoms with Crippen molar-refractivity contribution >= 4 is 5.97 Å². The number of hydrogen-bond acceptors (Lipinski definition) is 4. The number of carbonyl (C=O) groups excluding carboxylic acids is 1. The third-order valence-electron chi connectivity index (χ3n) is 5.18. The summed E-state index contributed by atoms with van der Waals surface area (Å²) in [6, 6.07) is 18.5. The zero-order valence-corrected chi connectivity index (χ0v) is 15.5. The Labute approximate surface area is 155 Å². The van der Waals surface area contributed by atoms with Crippen molar-refractivity contribution in [1.29, 1.82) is 0 Å². The fraction of sp³-hybridized carbons (Fsp3) is 0.409. The van der Waals surface area contributed by atoms with Crippen molar-refractivity contribution < 1.29 is 14.6 Å². The smallest absolute Gasteiger partial charge is 0.347 e. The molecule has 4 heteroatoms. The molecule has 0 saturated carbocycles. The van der Waals surface area contributed by atoms with Crippen LogP contribution in [0, 0.1) is 5.92 Å². The summed E-state index contributed by atoms with van der Waals surface area (Å²) in [5.74, 6) is -0.296. The van der Waals surface area contributed by atoms with E-state index >= 15 is 0 Å². The van der Waals surface area contributed by atoms with E-state index in [-0.39, 0.29) is 0 Å². The summed E-state index contributed by atoms with van der Waals surface area (Å²) >= 11 is 0. The van der Waals surface area contributed by atoms with E-state index in [1.165, 1.54) is 0 Å². The molecule has 1 heterocycles. The van der Waals surface area contributed by atoms with Crippen LogP contribution in [0.25, 0.3) is 0 Å². The number of hydrogen-bond donors (Lipinski definition) is 1. The van der Waals surface area contributed by atoms with Crippen LogP contribution in [0.1, 0.15) is 31.4 Å². The molecule has 0 aliphatic carbocycles. The van der Waals surface area contributed by atoms with Gasteiger partial charge in [-0.05, 0) is 37.9 Å². The second-order valence-electron chi connectivity index (χ2n) is 7.28. The highest BCUT2D eigenvalue weighted by Gasteiger charge is 2.42. The summed E-state index contributed by atoms with van der Waals surface area (Å²) in [7, 11) is 0. The fourth-order valence-electron chi connectivity index (χ4n) is 3.53. The van der Waals surface area contributed by atoms with Crippen LogP contribution in [0.5, 0.6) is 0 Å². The maximum absolute atomic E-state index is 13.0. The minimum Gasteiger partial charge on any atom is -0.463 e. The molecule has 138 valence electrons. The molecule has 0 aromatic heterocycles. The number of carbonyl (C=O) groups is 1. The normalized spacial score (nSPS) is 18.2. The molecule has 3 rings (SSSR count). The van der Waals surface area contributed by atoms with Crippen molar-refractivity contribution in [2.75, 3.05) is 19.7 Å². The number of esters is 1. The van der Waals surface area contributed by atoms with E-state index in [2.05, 4.69) is 18.7 Å². The molecule has 1 aliphatic heterocycles. The van der Waals surface area contributed by atoms with Crippen LogP contribution in [-0.2, 0) is 15.1 Å². The first kappa shape index (κ1) is 18.6. The third kappa shape index (κ3) is 3.81. The van der Waals surface area contributed by atoms with Crippen molar-refractivity contribution in [3.8, 4) is 0 Å². The average molecular weight is 353 g/mol. The SMILES string of the molecule is CC(C)N1CCC(COC(=O)C(O)(c2ccccc2)c2ccccc2)C1. The Balaban J connectivity index is 1.77. The second kappa shape index (κ2) is 8.02. The van der Waals surface area contributed by atoms with Gasteiger partial charge in [-0.3, -0.25) is 0 Å². The van der Waals surface area contributed by atoms with Crippen LogP contribution < -0.4 is 0 Å². The quantitative estimate of drug-likeness (QED) is 0.811. The summed E-state index contributed by atoms with van der Waals surface area (Å²) in [6.07, 6.45) is 1.01. The molecule has 2 aromatic rings. The van der Waals surface area contributed by atoms with Gasteiger partial charge in [0, 0.05) is 18.5 Å². The van der Waals surface area contributed by atoms with Gasteiger partial charge < -0.3 is 14.7 Å². The van der Waals surface area contributed by atoms with Crippen LogP contribution >= 0.6 is 0 Å². The predicted octanol–water partition coefficient (Wildman–Crippen LogP) is 3.20. The van der Waals surface area contributed by atoms with Gasteiger partial charge in [0.25, 0.3) is 0 Å². The molecule has 4 nitrogen and oxygen atoms in total. The molecule has 2 aromatic carbocycles. The Bertz CT molecular complexity index is 675. The van der Waals surface area contributed by atoms with Crippen molar-refractivity contribution in [3.05, 3.63) is 71.8 Å². The maximum atomic E-state index is 13.0. The minimum absolute atomic E-state index is 0.317. The Morgan fingerprint density at radius 2 is 1.65 bits per heavy atom. The first-order valence-electron chi connectivity index (χ1n) is 9.26. The van der Waals surface area contributed by atoms with E-state index < -0.39 is 11.6 Å². The summed E-state index contributed by atoms with van der Waals surface area (Å²) in [5, 5.41) is 11.4. The average Bonchev–Trinajstić information content (AvgIpc) is 3.16. The molecule has 1 unspecified atom stereocenters. The lowest BCUT2D eigenvalue weighted by Gasteiger charge is -2.27. The van der Waals surface area contributed by atoms with Gasteiger partial charge in [-0.25, -0.2) is 4.79 Å². The van der Waals surface area contributed by atoms with E-state index in [1.807, 2.05) is 36.4 Å². The van der Waals surface area contributed by atoms with Crippen LogP contribution in [0.15, 0.2) is 60.7 Å². The minimum atomic E-state index is -1.79. The third-order valence-corrected chi connectivity index (χ3v) is 5.18. The van der Waals surface area contributed by atoms with Crippen molar-refractivity contribution in [2.24, 2.45) is 5.92 Å². The summed E-state index contributed by atoms with van der Waals surface area (Å²) in [5.41, 5.74) is -0.753. The molecule has 1 aliphatic rings. The largest absolute Gasteiger partial charge is 0.463 e. The zero-order chi connectivity index (χ0) is 18.6. The van der Waals surface area contributed by atoms with Gasteiger partial charge in [0.05, 0.1) is 6.61 Å². The van der Waals surface area contributed by atoms with E-state index in [0.717, 1.165) is 19.5 Å². The fourth-order valence-corrected chi connectivity index (χ4v) is 3.53. The molecule has 1 saturated heterocycles. The van der Waals surface area contributed by atoms with E-state index in [9.17, 15) is 9.90 Å². The summed E-state index contributed by atoms with van der Waals surface area (Å²) < 4.78 is 5.61.